The molecule has 6 heteroatoms. The summed E-state index contributed by atoms with van der Waals surface area (Å²) in [5, 5.41) is 2.10. The van der Waals surface area contributed by atoms with Gasteiger partial charge in [0, 0.05) is 11.4 Å². The van der Waals surface area contributed by atoms with E-state index >= 15 is 0 Å². The lowest BCUT2D eigenvalue weighted by atomic mass is 9.92. The maximum absolute atomic E-state index is 13.7. The molecule has 29 heavy (non-hydrogen) atoms. The lowest BCUT2D eigenvalue weighted by molar-refractivity contribution is 0.0689. The zero-order valence-corrected chi connectivity index (χ0v) is 17.5. The van der Waals surface area contributed by atoms with Gasteiger partial charge in [-0.15, -0.1) is 11.3 Å². The molecule has 0 saturated carbocycles. The Morgan fingerprint density at radius 2 is 1.66 bits per heavy atom. The monoisotopic (exact) mass is 409 g/mol. The molecule has 0 radical (unpaired) electrons. The van der Waals surface area contributed by atoms with E-state index in [0.717, 1.165) is 17.7 Å². The van der Waals surface area contributed by atoms with Crippen LogP contribution in [0.5, 0.6) is 17.2 Å². The molecule has 150 valence electrons. The Hall–Kier alpha value is -2.99. The van der Waals surface area contributed by atoms with Gasteiger partial charge in [-0.2, -0.15) is 0 Å². The van der Waals surface area contributed by atoms with Crippen molar-refractivity contribution in [3.63, 3.8) is 0 Å². The summed E-state index contributed by atoms with van der Waals surface area (Å²) in [6.07, 6.45) is 0.836. The molecule has 0 N–H and O–H groups in total. The number of carbonyl (C=O) groups excluding carboxylic acids is 1. The van der Waals surface area contributed by atoms with Gasteiger partial charge in [0.15, 0.2) is 0 Å². The Kier molecular flexibility index (Phi) is 5.45. The summed E-state index contributed by atoms with van der Waals surface area (Å²) in [6.45, 7) is 0.629. The third kappa shape index (κ3) is 3.44. The first kappa shape index (κ1) is 19.3. The van der Waals surface area contributed by atoms with Gasteiger partial charge in [-0.1, -0.05) is 18.2 Å². The average Bonchev–Trinajstić information content (AvgIpc) is 3.26. The van der Waals surface area contributed by atoms with Crippen LogP contribution >= 0.6 is 11.3 Å². The first-order valence-corrected chi connectivity index (χ1v) is 10.3. The van der Waals surface area contributed by atoms with Crippen LogP contribution in [0.1, 0.15) is 32.4 Å². The van der Waals surface area contributed by atoms with Crippen molar-refractivity contribution in [1.82, 2.24) is 4.90 Å². The highest BCUT2D eigenvalue weighted by molar-refractivity contribution is 7.10. The van der Waals surface area contributed by atoms with Crippen molar-refractivity contribution in [2.45, 2.75) is 12.5 Å². The van der Waals surface area contributed by atoms with E-state index < -0.39 is 0 Å². The maximum atomic E-state index is 13.7. The highest BCUT2D eigenvalue weighted by atomic mass is 32.1. The molecule has 0 bridgehead atoms. The second-order valence-corrected chi connectivity index (χ2v) is 7.76. The van der Waals surface area contributed by atoms with E-state index in [1.54, 1.807) is 44.8 Å². The summed E-state index contributed by atoms with van der Waals surface area (Å²) >= 11 is 1.74. The topological polar surface area (TPSA) is 48.0 Å². The normalized spacial score (nSPS) is 15.6. The van der Waals surface area contributed by atoms with Gasteiger partial charge < -0.3 is 19.1 Å². The molecule has 1 aliphatic rings. The van der Waals surface area contributed by atoms with E-state index in [4.69, 9.17) is 14.2 Å². The lowest BCUT2D eigenvalue weighted by Gasteiger charge is -2.37. The maximum Gasteiger partial charge on any atom is 0.262 e. The SMILES string of the molecule is COc1ccc(C2c3ccsc3CCN2C(=O)c2c(OC)cccc2OC)cc1. The van der Waals surface area contributed by atoms with Crippen molar-refractivity contribution < 1.29 is 19.0 Å². The number of ether oxygens (including phenoxy) is 3. The van der Waals surface area contributed by atoms with Crippen LogP contribution < -0.4 is 14.2 Å². The van der Waals surface area contributed by atoms with Crippen LogP contribution in [-0.4, -0.2) is 38.7 Å². The molecule has 5 nitrogen and oxygen atoms in total. The molecule has 0 saturated heterocycles. The number of hydrogen-bond donors (Lipinski definition) is 0. The Bertz CT molecular complexity index is 990. The molecule has 1 aliphatic heterocycles. The zero-order chi connectivity index (χ0) is 20.4. The third-order valence-corrected chi connectivity index (χ3v) is 6.30. The number of methoxy groups -OCH3 is 3. The standard InChI is InChI=1S/C23H23NO4S/c1-26-16-9-7-15(8-10-16)22-17-12-14-29-20(17)11-13-24(22)23(25)21-18(27-2)5-4-6-19(21)28-3/h4-10,12,14,22H,11,13H2,1-3H3. The minimum Gasteiger partial charge on any atom is -0.497 e. The van der Waals surface area contributed by atoms with Gasteiger partial charge in [-0.25, -0.2) is 0 Å². The first-order chi connectivity index (χ1) is 14.2. The van der Waals surface area contributed by atoms with Gasteiger partial charge in [0.2, 0.25) is 0 Å². The molecule has 1 unspecified atom stereocenters. The van der Waals surface area contributed by atoms with E-state index in [1.807, 2.05) is 35.2 Å². The Labute approximate surface area is 174 Å². The van der Waals surface area contributed by atoms with Gasteiger partial charge in [-0.05, 0) is 53.3 Å². The highest BCUT2D eigenvalue weighted by Crippen LogP contribution is 2.41. The number of thiophene rings is 1. The van der Waals surface area contributed by atoms with E-state index in [-0.39, 0.29) is 11.9 Å². The van der Waals surface area contributed by atoms with Crippen LogP contribution in [0.4, 0.5) is 0 Å². The smallest absolute Gasteiger partial charge is 0.262 e. The summed E-state index contributed by atoms with van der Waals surface area (Å²) in [6, 6.07) is 15.3. The summed E-state index contributed by atoms with van der Waals surface area (Å²) in [4.78, 5) is 17.0. The molecule has 2 aromatic carbocycles. The number of fused-ring (bicyclic) bond motifs is 1. The van der Waals surface area contributed by atoms with Crippen LogP contribution in [0, 0.1) is 0 Å². The average molecular weight is 410 g/mol. The number of nitrogens with zero attached hydrogens (tertiary/aromatic N) is 1. The molecule has 1 aromatic heterocycles. The predicted octanol–water partition coefficient (Wildman–Crippen LogP) is 4.56. The van der Waals surface area contributed by atoms with Crippen LogP contribution in [-0.2, 0) is 6.42 Å². The fraction of sp³-hybridized carbons (Fsp3) is 0.261. The summed E-state index contributed by atoms with van der Waals surface area (Å²) in [7, 11) is 4.79. The second kappa shape index (κ2) is 8.17. The molecule has 4 rings (SSSR count). The van der Waals surface area contributed by atoms with Crippen LogP contribution in [0.25, 0.3) is 0 Å². The Balaban J connectivity index is 1.81. The summed E-state index contributed by atoms with van der Waals surface area (Å²) in [5.74, 6) is 1.72. The number of rotatable bonds is 5. The number of benzene rings is 2. The molecular formula is C23H23NO4S. The minimum atomic E-state index is -0.168. The third-order valence-electron chi connectivity index (χ3n) is 5.30. The van der Waals surface area contributed by atoms with Crippen molar-refractivity contribution in [3.05, 3.63) is 75.5 Å². The fourth-order valence-corrected chi connectivity index (χ4v) is 4.79. The largest absolute Gasteiger partial charge is 0.497 e. The molecule has 2 heterocycles. The van der Waals surface area contributed by atoms with Gasteiger partial charge in [0.1, 0.15) is 22.8 Å². The molecule has 0 aliphatic carbocycles. The summed E-state index contributed by atoms with van der Waals surface area (Å²) < 4.78 is 16.3. The van der Waals surface area contributed by atoms with E-state index in [9.17, 15) is 4.79 Å². The van der Waals surface area contributed by atoms with E-state index in [0.29, 0.717) is 23.6 Å². The second-order valence-electron chi connectivity index (χ2n) is 6.76. The Morgan fingerprint density at radius 1 is 0.966 bits per heavy atom. The number of amides is 1. The van der Waals surface area contributed by atoms with Gasteiger partial charge in [0.25, 0.3) is 5.91 Å². The number of carbonyl (C=O) groups is 1. The van der Waals surface area contributed by atoms with Crippen molar-refractivity contribution in [1.29, 1.82) is 0 Å². The highest BCUT2D eigenvalue weighted by Gasteiger charge is 2.35. The van der Waals surface area contributed by atoms with Crippen LogP contribution in [0.15, 0.2) is 53.9 Å². The van der Waals surface area contributed by atoms with Crippen LogP contribution in [0.3, 0.4) is 0 Å². The lowest BCUT2D eigenvalue weighted by Crippen LogP contribution is -2.40. The molecule has 0 fully saturated rings. The molecular weight excluding hydrogens is 386 g/mol. The van der Waals surface area contributed by atoms with Crippen molar-refractivity contribution in [2.75, 3.05) is 27.9 Å². The van der Waals surface area contributed by atoms with Gasteiger partial charge in [-0.3, -0.25) is 4.79 Å². The Morgan fingerprint density at radius 3 is 2.28 bits per heavy atom. The molecule has 0 spiro atoms. The predicted molar refractivity (Wildman–Crippen MR) is 113 cm³/mol. The van der Waals surface area contributed by atoms with Gasteiger partial charge in [0.05, 0.1) is 27.4 Å². The molecule has 1 atom stereocenters. The van der Waals surface area contributed by atoms with Crippen molar-refractivity contribution in [2.24, 2.45) is 0 Å². The molecule has 3 aromatic rings. The van der Waals surface area contributed by atoms with Crippen LogP contribution in [0.2, 0.25) is 0 Å². The quantitative estimate of drug-likeness (QED) is 0.620. The van der Waals surface area contributed by atoms with Crippen molar-refractivity contribution in [3.8, 4) is 17.2 Å². The minimum absolute atomic E-state index is 0.100. The first-order valence-electron chi connectivity index (χ1n) is 9.40. The number of hydrogen-bond acceptors (Lipinski definition) is 5. The fourth-order valence-electron chi connectivity index (χ4n) is 3.89. The van der Waals surface area contributed by atoms with E-state index in [2.05, 4.69) is 11.4 Å². The van der Waals surface area contributed by atoms with Crippen molar-refractivity contribution >= 4 is 17.2 Å². The van der Waals surface area contributed by atoms with E-state index in [1.165, 1.54) is 10.4 Å². The van der Waals surface area contributed by atoms with Gasteiger partial charge >= 0.3 is 0 Å². The zero-order valence-electron chi connectivity index (χ0n) is 16.7. The summed E-state index contributed by atoms with van der Waals surface area (Å²) in [5.41, 5.74) is 2.68. The molecule has 1 amide bonds.